The van der Waals surface area contributed by atoms with Crippen LogP contribution in [0.1, 0.15) is 5.82 Å². The van der Waals surface area contributed by atoms with Crippen molar-refractivity contribution >= 4 is 27.5 Å². The van der Waals surface area contributed by atoms with Crippen molar-refractivity contribution in [3.63, 3.8) is 0 Å². The number of anilines is 1. The molecule has 154 valence electrons. The number of hydrogen-bond acceptors (Lipinski definition) is 5. The van der Waals surface area contributed by atoms with Gasteiger partial charge in [-0.2, -0.15) is 0 Å². The van der Waals surface area contributed by atoms with Crippen LogP contribution >= 0.6 is 0 Å². The first-order valence-electron chi connectivity index (χ1n) is 10.5. The summed E-state index contributed by atoms with van der Waals surface area (Å²) in [4.78, 5) is 13.1. The summed E-state index contributed by atoms with van der Waals surface area (Å²) in [6.07, 6.45) is 0. The van der Waals surface area contributed by atoms with E-state index in [2.05, 4.69) is 68.6 Å². The Morgan fingerprint density at radius 3 is 2.63 bits per heavy atom. The normalized spacial score (nSPS) is 15.2. The van der Waals surface area contributed by atoms with Crippen LogP contribution in [0.5, 0.6) is 5.75 Å². The molecule has 6 heteroatoms. The second-order valence-corrected chi connectivity index (χ2v) is 7.73. The van der Waals surface area contributed by atoms with Crippen LogP contribution in [0.3, 0.4) is 0 Å². The highest BCUT2D eigenvalue weighted by atomic mass is 16.5. The molecule has 6 nitrogen and oxygen atoms in total. The second-order valence-electron chi connectivity index (χ2n) is 7.73. The monoisotopic (exact) mass is 401 g/mol. The smallest absolute Gasteiger partial charge is 0.142 e. The largest absolute Gasteiger partial charge is 0.495 e. The predicted molar refractivity (Wildman–Crippen MR) is 122 cm³/mol. The number of ether oxygens (including phenoxy) is 1. The van der Waals surface area contributed by atoms with E-state index in [0.29, 0.717) is 0 Å². The van der Waals surface area contributed by atoms with Gasteiger partial charge in [-0.15, -0.1) is 0 Å². The lowest BCUT2D eigenvalue weighted by atomic mass is 10.1. The summed E-state index contributed by atoms with van der Waals surface area (Å²) in [5, 5.41) is 5.97. The third kappa shape index (κ3) is 3.72. The first-order valence-corrected chi connectivity index (χ1v) is 10.5. The summed E-state index contributed by atoms with van der Waals surface area (Å²) in [6, 6.07) is 20.9. The molecule has 3 aromatic carbocycles. The molecule has 1 fully saturated rings. The van der Waals surface area contributed by atoms with Gasteiger partial charge in [0.1, 0.15) is 11.6 Å². The fourth-order valence-electron chi connectivity index (χ4n) is 4.25. The number of rotatable bonds is 6. The van der Waals surface area contributed by atoms with Gasteiger partial charge in [-0.3, -0.25) is 10.2 Å². The van der Waals surface area contributed by atoms with Gasteiger partial charge in [-0.1, -0.05) is 42.5 Å². The molecule has 0 amide bonds. The molecule has 0 unspecified atom stereocenters. The van der Waals surface area contributed by atoms with E-state index in [9.17, 15) is 0 Å². The molecular weight excluding hydrogens is 374 g/mol. The molecule has 2 heterocycles. The molecule has 30 heavy (non-hydrogen) atoms. The number of fused-ring (bicyclic) bond motifs is 3. The van der Waals surface area contributed by atoms with Gasteiger partial charge in [0.25, 0.3) is 0 Å². The van der Waals surface area contributed by atoms with Crippen molar-refractivity contribution in [3.8, 4) is 5.75 Å². The topological polar surface area (TPSA) is 56.4 Å². The molecule has 1 aromatic heterocycles. The Morgan fingerprint density at radius 2 is 1.77 bits per heavy atom. The number of nitrogens with zero attached hydrogens (tertiary/aromatic N) is 3. The summed E-state index contributed by atoms with van der Waals surface area (Å²) in [5.41, 5.74) is 3.33. The Balaban J connectivity index is 1.17. The van der Waals surface area contributed by atoms with Gasteiger partial charge in [0.15, 0.2) is 0 Å². The third-order valence-corrected chi connectivity index (χ3v) is 5.85. The Labute approximate surface area is 176 Å². The van der Waals surface area contributed by atoms with E-state index < -0.39 is 0 Å². The number of aromatic amines is 1. The van der Waals surface area contributed by atoms with Gasteiger partial charge in [0.2, 0.25) is 0 Å². The number of H-pyrrole nitrogens is 1. The first-order chi connectivity index (χ1) is 14.8. The number of para-hydroxylation sites is 2. The quantitative estimate of drug-likeness (QED) is 0.517. The maximum Gasteiger partial charge on any atom is 0.142 e. The average Bonchev–Trinajstić information content (AvgIpc) is 3.23. The molecule has 2 N–H and O–H groups in total. The Kier molecular flexibility index (Phi) is 5.26. The van der Waals surface area contributed by atoms with Crippen molar-refractivity contribution in [1.29, 1.82) is 0 Å². The van der Waals surface area contributed by atoms with Crippen molar-refractivity contribution in [3.05, 3.63) is 66.5 Å². The fraction of sp³-hybridized carbons (Fsp3) is 0.292. The minimum atomic E-state index is 0.732. The molecule has 0 bridgehead atoms. The Hall–Kier alpha value is -3.09. The molecule has 1 saturated heterocycles. The van der Waals surface area contributed by atoms with Crippen molar-refractivity contribution in [2.75, 3.05) is 44.9 Å². The number of benzene rings is 3. The van der Waals surface area contributed by atoms with E-state index in [-0.39, 0.29) is 0 Å². The fourth-order valence-corrected chi connectivity index (χ4v) is 4.25. The van der Waals surface area contributed by atoms with Crippen molar-refractivity contribution in [2.45, 2.75) is 6.54 Å². The Morgan fingerprint density at radius 1 is 0.967 bits per heavy atom. The zero-order valence-electron chi connectivity index (χ0n) is 17.3. The summed E-state index contributed by atoms with van der Waals surface area (Å²) in [6.45, 7) is 5.64. The molecule has 1 aliphatic rings. The van der Waals surface area contributed by atoms with Gasteiger partial charge in [-0.05, 0) is 23.6 Å². The van der Waals surface area contributed by atoms with E-state index >= 15 is 0 Å². The number of imidazole rings is 1. The highest BCUT2D eigenvalue weighted by Crippen LogP contribution is 2.28. The summed E-state index contributed by atoms with van der Waals surface area (Å²) >= 11 is 0. The number of nitrogens with one attached hydrogen (secondary N) is 2. The van der Waals surface area contributed by atoms with E-state index in [1.165, 1.54) is 16.5 Å². The third-order valence-electron chi connectivity index (χ3n) is 5.85. The van der Waals surface area contributed by atoms with Gasteiger partial charge in [0.05, 0.1) is 30.4 Å². The minimum absolute atomic E-state index is 0.732. The molecule has 0 saturated carbocycles. The lowest BCUT2D eigenvalue weighted by Crippen LogP contribution is -2.49. The summed E-state index contributed by atoms with van der Waals surface area (Å²) in [5.74, 6) is 1.93. The van der Waals surface area contributed by atoms with Crippen LogP contribution in [0.15, 0.2) is 60.7 Å². The SMILES string of the molecule is COc1ccccc1N1CCN(CNCc2nc3c(ccc4ccccc43)[nH]2)CC1. The van der Waals surface area contributed by atoms with Gasteiger partial charge in [0, 0.05) is 38.2 Å². The molecule has 4 aromatic rings. The van der Waals surface area contributed by atoms with Gasteiger partial charge >= 0.3 is 0 Å². The molecule has 0 spiro atoms. The van der Waals surface area contributed by atoms with Crippen LogP contribution in [-0.4, -0.2) is 54.8 Å². The zero-order valence-corrected chi connectivity index (χ0v) is 17.3. The van der Waals surface area contributed by atoms with Gasteiger partial charge < -0.3 is 14.6 Å². The van der Waals surface area contributed by atoms with Crippen molar-refractivity contribution < 1.29 is 4.74 Å². The molecular formula is C24H27N5O. The second kappa shape index (κ2) is 8.34. The number of hydrogen-bond donors (Lipinski definition) is 2. The van der Waals surface area contributed by atoms with E-state index in [1.54, 1.807) is 7.11 Å². The van der Waals surface area contributed by atoms with Crippen LogP contribution in [0.2, 0.25) is 0 Å². The molecule has 1 aliphatic heterocycles. The Bertz CT molecular complexity index is 1150. The van der Waals surface area contributed by atoms with Crippen LogP contribution < -0.4 is 15.0 Å². The maximum atomic E-state index is 5.51. The van der Waals surface area contributed by atoms with E-state index in [4.69, 9.17) is 9.72 Å². The number of methoxy groups -OCH3 is 1. The van der Waals surface area contributed by atoms with Crippen LogP contribution in [0, 0.1) is 0 Å². The van der Waals surface area contributed by atoms with E-state index in [1.807, 2.05) is 12.1 Å². The van der Waals surface area contributed by atoms with Gasteiger partial charge in [-0.25, -0.2) is 4.98 Å². The predicted octanol–water partition coefficient (Wildman–Crippen LogP) is 3.59. The average molecular weight is 402 g/mol. The number of aromatic nitrogens is 2. The maximum absolute atomic E-state index is 5.51. The zero-order chi connectivity index (χ0) is 20.3. The van der Waals surface area contributed by atoms with Crippen LogP contribution in [0.25, 0.3) is 21.8 Å². The standard InChI is InChI=1S/C24H27N5O/c1-30-22-9-5-4-8-21(22)29-14-12-28(13-15-29)17-25-16-23-26-20-11-10-18-6-2-3-7-19(18)24(20)27-23/h2-11,25H,12-17H2,1H3,(H,26,27). The minimum Gasteiger partial charge on any atom is -0.495 e. The summed E-state index contributed by atoms with van der Waals surface area (Å²) < 4.78 is 5.51. The number of piperazine rings is 1. The highest BCUT2D eigenvalue weighted by Gasteiger charge is 2.19. The summed E-state index contributed by atoms with van der Waals surface area (Å²) in [7, 11) is 1.74. The lowest BCUT2D eigenvalue weighted by Gasteiger charge is -2.36. The van der Waals surface area contributed by atoms with Crippen LogP contribution in [-0.2, 0) is 6.54 Å². The van der Waals surface area contributed by atoms with Crippen molar-refractivity contribution in [1.82, 2.24) is 20.2 Å². The molecule has 0 aliphatic carbocycles. The molecule has 5 rings (SSSR count). The van der Waals surface area contributed by atoms with Crippen LogP contribution in [0.4, 0.5) is 5.69 Å². The molecule has 0 radical (unpaired) electrons. The lowest BCUT2D eigenvalue weighted by molar-refractivity contribution is 0.236. The highest BCUT2D eigenvalue weighted by molar-refractivity contribution is 6.04. The molecule has 0 atom stereocenters. The van der Waals surface area contributed by atoms with E-state index in [0.717, 1.165) is 62.0 Å². The van der Waals surface area contributed by atoms with Crippen molar-refractivity contribution in [2.24, 2.45) is 0 Å². The first kappa shape index (κ1) is 18.9.